The number of phosphoric ester groups is 1. The molecule has 0 aliphatic rings. The van der Waals surface area contributed by atoms with Crippen LogP contribution >= 0.6 is 7.82 Å². The number of phosphoric acid groups is 1. The van der Waals surface area contributed by atoms with Crippen LogP contribution in [0.4, 0.5) is 0 Å². The first-order valence-electron chi connectivity index (χ1n) is 8.69. The van der Waals surface area contributed by atoms with Crippen molar-refractivity contribution >= 4 is 59.2 Å². The molecule has 0 saturated heterocycles. The first-order valence-corrected chi connectivity index (χ1v) is 10.2. The first kappa shape index (κ1) is 26.0. The Kier molecular flexibility index (Phi) is 20.7. The van der Waals surface area contributed by atoms with Crippen LogP contribution in [0.3, 0.4) is 0 Å². The summed E-state index contributed by atoms with van der Waals surface area (Å²) >= 11 is 0. The summed E-state index contributed by atoms with van der Waals surface area (Å²) in [6, 6.07) is 0. The first-order chi connectivity index (χ1) is 9.99. The Labute approximate surface area is 179 Å². The van der Waals surface area contributed by atoms with E-state index >= 15 is 0 Å². The molecule has 0 aromatic heterocycles. The van der Waals surface area contributed by atoms with E-state index in [9.17, 15) is 4.57 Å². The van der Waals surface area contributed by atoms with Gasteiger partial charge in [0.25, 0.3) is 0 Å². The second kappa shape index (κ2) is 17.6. The average Bonchev–Trinajstić information content (AvgIpc) is 2.42. The molecular formula is C16H36KO4P. The monoisotopic (exact) mass is 362 g/mol. The second-order valence-corrected chi connectivity index (χ2v) is 7.30. The molecule has 0 aromatic carbocycles. The number of hydrogen-bond donors (Lipinski definition) is 2. The Balaban J connectivity index is 0. The van der Waals surface area contributed by atoms with Gasteiger partial charge in [-0.3, -0.25) is 4.52 Å². The molecule has 22 heavy (non-hydrogen) atoms. The van der Waals surface area contributed by atoms with Gasteiger partial charge in [0, 0.05) is 0 Å². The molecule has 0 rings (SSSR count). The fraction of sp³-hybridized carbons (Fsp3) is 1.00. The Morgan fingerprint density at radius 1 is 0.818 bits per heavy atom. The van der Waals surface area contributed by atoms with Gasteiger partial charge in [0.15, 0.2) is 0 Å². The van der Waals surface area contributed by atoms with Crippen molar-refractivity contribution in [1.29, 1.82) is 0 Å². The van der Waals surface area contributed by atoms with E-state index in [1.54, 1.807) is 0 Å². The molecule has 0 amide bonds. The predicted octanol–water partition coefficient (Wildman–Crippen LogP) is 4.78. The van der Waals surface area contributed by atoms with Crippen molar-refractivity contribution in [1.82, 2.24) is 0 Å². The molecule has 130 valence electrons. The van der Waals surface area contributed by atoms with E-state index in [4.69, 9.17) is 14.3 Å². The normalized spacial score (nSPS) is 12.9. The standard InChI is InChI=1S/C16H35O4P.K.H/c1-3-5-7-9-10-12-14-16(13-11-8-6-4-2)15-20-21(17,18)19;;/h16H,3-15H2,1-2H3,(H2,17,18,19);;. The molecule has 0 aliphatic carbocycles. The van der Waals surface area contributed by atoms with Crippen molar-refractivity contribution in [3.8, 4) is 0 Å². The van der Waals surface area contributed by atoms with Crippen molar-refractivity contribution < 1.29 is 18.9 Å². The second-order valence-electron chi connectivity index (χ2n) is 6.06. The number of rotatable bonds is 15. The Bertz CT molecular complexity index is 271. The van der Waals surface area contributed by atoms with Gasteiger partial charge in [-0.2, -0.15) is 0 Å². The molecule has 6 heteroatoms. The van der Waals surface area contributed by atoms with Gasteiger partial charge < -0.3 is 9.79 Å². The van der Waals surface area contributed by atoms with Crippen LogP contribution in [0.25, 0.3) is 0 Å². The third-order valence-electron chi connectivity index (χ3n) is 3.91. The molecule has 0 aromatic rings. The summed E-state index contributed by atoms with van der Waals surface area (Å²) in [5.41, 5.74) is 0. The van der Waals surface area contributed by atoms with E-state index in [0.29, 0.717) is 5.92 Å². The van der Waals surface area contributed by atoms with Gasteiger partial charge in [-0.25, -0.2) is 4.57 Å². The minimum absolute atomic E-state index is 0. The van der Waals surface area contributed by atoms with Gasteiger partial charge >= 0.3 is 59.2 Å². The molecule has 1 atom stereocenters. The number of hydrogen-bond acceptors (Lipinski definition) is 2. The summed E-state index contributed by atoms with van der Waals surface area (Å²) in [7, 11) is -4.32. The molecule has 0 radical (unpaired) electrons. The zero-order valence-electron chi connectivity index (χ0n) is 13.9. The van der Waals surface area contributed by atoms with E-state index < -0.39 is 7.82 Å². The van der Waals surface area contributed by atoms with E-state index in [1.807, 2.05) is 0 Å². The van der Waals surface area contributed by atoms with Crippen molar-refractivity contribution in [2.45, 2.75) is 90.9 Å². The molecule has 0 saturated carbocycles. The van der Waals surface area contributed by atoms with Gasteiger partial charge in [0.2, 0.25) is 0 Å². The van der Waals surface area contributed by atoms with Gasteiger partial charge in [0.05, 0.1) is 6.61 Å². The SMILES string of the molecule is CCCCCCCCC(CCCCCC)COP(=O)(O)O.[KH]. The Hall–Kier alpha value is 1.75. The summed E-state index contributed by atoms with van der Waals surface area (Å²) in [6.07, 6.45) is 14.4. The summed E-state index contributed by atoms with van der Waals surface area (Å²) in [5, 5.41) is 0. The molecule has 1 unspecified atom stereocenters. The van der Waals surface area contributed by atoms with E-state index in [1.165, 1.54) is 51.4 Å². The zero-order valence-corrected chi connectivity index (χ0v) is 14.8. The maximum atomic E-state index is 10.8. The van der Waals surface area contributed by atoms with Crippen LogP contribution in [0.15, 0.2) is 0 Å². The van der Waals surface area contributed by atoms with Crippen LogP contribution in [-0.2, 0) is 9.09 Å². The third kappa shape index (κ3) is 19.8. The minimum atomic E-state index is -4.32. The average molecular weight is 363 g/mol. The number of unbranched alkanes of at least 4 members (excludes halogenated alkanes) is 8. The van der Waals surface area contributed by atoms with Crippen LogP contribution in [0.2, 0.25) is 0 Å². The fourth-order valence-electron chi connectivity index (χ4n) is 2.59. The van der Waals surface area contributed by atoms with Crippen LogP contribution in [0, 0.1) is 5.92 Å². The summed E-state index contributed by atoms with van der Waals surface area (Å²) in [4.78, 5) is 17.7. The Morgan fingerprint density at radius 3 is 1.68 bits per heavy atom. The van der Waals surface area contributed by atoms with Gasteiger partial charge in [-0.15, -0.1) is 0 Å². The summed E-state index contributed by atoms with van der Waals surface area (Å²) in [5.74, 6) is 0.292. The van der Waals surface area contributed by atoms with Crippen LogP contribution in [0.5, 0.6) is 0 Å². The molecule has 4 nitrogen and oxygen atoms in total. The van der Waals surface area contributed by atoms with Crippen molar-refractivity contribution in [2.75, 3.05) is 6.61 Å². The van der Waals surface area contributed by atoms with Crippen molar-refractivity contribution in [2.24, 2.45) is 5.92 Å². The Morgan fingerprint density at radius 2 is 1.23 bits per heavy atom. The fourth-order valence-corrected chi connectivity index (χ4v) is 2.99. The summed E-state index contributed by atoms with van der Waals surface area (Å²) in [6.45, 7) is 4.60. The van der Waals surface area contributed by atoms with E-state index in [0.717, 1.165) is 25.7 Å². The third-order valence-corrected chi connectivity index (χ3v) is 4.40. The van der Waals surface area contributed by atoms with Crippen molar-refractivity contribution in [3.05, 3.63) is 0 Å². The van der Waals surface area contributed by atoms with Gasteiger partial charge in [-0.1, -0.05) is 78.1 Å². The molecule has 0 spiro atoms. The molecule has 0 bridgehead atoms. The van der Waals surface area contributed by atoms with Crippen LogP contribution in [0.1, 0.15) is 90.9 Å². The van der Waals surface area contributed by atoms with Gasteiger partial charge in [-0.05, 0) is 18.8 Å². The predicted molar refractivity (Wildman–Crippen MR) is 95.4 cm³/mol. The van der Waals surface area contributed by atoms with Gasteiger partial charge in [0.1, 0.15) is 0 Å². The molecule has 2 N–H and O–H groups in total. The van der Waals surface area contributed by atoms with Crippen molar-refractivity contribution in [3.63, 3.8) is 0 Å². The molecular weight excluding hydrogens is 326 g/mol. The zero-order chi connectivity index (χ0) is 16.0. The van der Waals surface area contributed by atoms with Crippen LogP contribution < -0.4 is 0 Å². The quantitative estimate of drug-likeness (QED) is 0.250. The maximum absolute atomic E-state index is 10.8. The molecule has 0 aliphatic heterocycles. The molecule has 0 heterocycles. The van der Waals surface area contributed by atoms with E-state index in [-0.39, 0.29) is 58.0 Å². The summed E-state index contributed by atoms with van der Waals surface area (Å²) < 4.78 is 15.5. The van der Waals surface area contributed by atoms with Crippen LogP contribution in [-0.4, -0.2) is 67.8 Å². The topological polar surface area (TPSA) is 66.8 Å². The van der Waals surface area contributed by atoms with E-state index in [2.05, 4.69) is 13.8 Å². The molecule has 0 fully saturated rings.